The summed E-state index contributed by atoms with van der Waals surface area (Å²) in [6, 6.07) is 23.3. The van der Waals surface area contributed by atoms with Crippen molar-refractivity contribution in [3.05, 3.63) is 89.5 Å². The van der Waals surface area contributed by atoms with Crippen LogP contribution < -0.4 is 5.32 Å². The first-order valence-corrected chi connectivity index (χ1v) is 12.6. The van der Waals surface area contributed by atoms with E-state index in [9.17, 15) is 9.59 Å². The number of carbonyl (C=O) groups is 2. The first-order chi connectivity index (χ1) is 17.5. The third-order valence-corrected chi connectivity index (χ3v) is 7.32. The summed E-state index contributed by atoms with van der Waals surface area (Å²) in [6.45, 7) is 5.89. The summed E-state index contributed by atoms with van der Waals surface area (Å²) in [5, 5.41) is 3.09. The van der Waals surface area contributed by atoms with Crippen molar-refractivity contribution >= 4 is 22.9 Å². The van der Waals surface area contributed by atoms with Gasteiger partial charge in [0.15, 0.2) is 5.58 Å². The van der Waals surface area contributed by atoms with E-state index in [1.165, 1.54) is 5.56 Å². The third-order valence-electron chi connectivity index (χ3n) is 7.32. The number of aryl methyl sites for hydroxylation is 1. The zero-order valence-electron chi connectivity index (χ0n) is 20.7. The molecule has 2 amide bonds. The van der Waals surface area contributed by atoms with Gasteiger partial charge in [-0.05, 0) is 67.1 Å². The summed E-state index contributed by atoms with van der Waals surface area (Å²) in [6.07, 6.45) is 1.63. The van der Waals surface area contributed by atoms with E-state index in [2.05, 4.69) is 23.3 Å². The summed E-state index contributed by atoms with van der Waals surface area (Å²) >= 11 is 0. The number of aromatic nitrogens is 1. The van der Waals surface area contributed by atoms with E-state index in [0.717, 1.165) is 24.0 Å². The highest BCUT2D eigenvalue weighted by molar-refractivity contribution is 5.97. The Bertz CT molecular complexity index is 1370. The molecule has 1 aliphatic heterocycles. The van der Waals surface area contributed by atoms with Crippen LogP contribution in [0, 0.1) is 18.8 Å². The minimum absolute atomic E-state index is 0.00346. The van der Waals surface area contributed by atoms with E-state index in [0.29, 0.717) is 42.2 Å². The molecule has 0 aliphatic carbocycles. The van der Waals surface area contributed by atoms with Crippen LogP contribution in [-0.4, -0.2) is 34.8 Å². The van der Waals surface area contributed by atoms with Gasteiger partial charge >= 0.3 is 0 Å². The molecular weight excluding hydrogens is 450 g/mol. The molecule has 184 valence electrons. The zero-order chi connectivity index (χ0) is 25.1. The molecule has 1 unspecified atom stereocenters. The lowest BCUT2D eigenvalue weighted by Gasteiger charge is -2.34. The lowest BCUT2D eigenvalue weighted by Crippen LogP contribution is -2.42. The molecule has 6 nitrogen and oxygen atoms in total. The Morgan fingerprint density at radius 2 is 1.75 bits per heavy atom. The summed E-state index contributed by atoms with van der Waals surface area (Å²) in [4.78, 5) is 32.5. The molecule has 0 spiro atoms. The molecule has 0 bridgehead atoms. The van der Waals surface area contributed by atoms with E-state index in [1.807, 2.05) is 66.4 Å². The third kappa shape index (κ3) is 5.03. The smallest absolute Gasteiger partial charge is 0.253 e. The minimum Gasteiger partial charge on any atom is -0.436 e. The van der Waals surface area contributed by atoms with Crippen molar-refractivity contribution in [3.63, 3.8) is 0 Å². The fraction of sp³-hybridized carbons (Fsp3) is 0.300. The van der Waals surface area contributed by atoms with Crippen molar-refractivity contribution < 1.29 is 14.0 Å². The molecule has 1 atom stereocenters. The predicted octanol–water partition coefficient (Wildman–Crippen LogP) is 5.61. The van der Waals surface area contributed by atoms with Gasteiger partial charge in [-0.1, -0.05) is 49.4 Å². The maximum Gasteiger partial charge on any atom is 0.253 e. The number of fused-ring (bicyclic) bond motifs is 1. The van der Waals surface area contributed by atoms with Crippen molar-refractivity contribution in [2.75, 3.05) is 13.1 Å². The van der Waals surface area contributed by atoms with Gasteiger partial charge in [-0.3, -0.25) is 9.59 Å². The molecule has 1 aromatic heterocycles. The van der Waals surface area contributed by atoms with Crippen molar-refractivity contribution in [1.29, 1.82) is 0 Å². The van der Waals surface area contributed by atoms with Gasteiger partial charge in [0.05, 0.1) is 0 Å². The number of piperidine rings is 1. The molecule has 0 radical (unpaired) electrons. The molecule has 0 saturated carbocycles. The Morgan fingerprint density at radius 3 is 2.50 bits per heavy atom. The van der Waals surface area contributed by atoms with Crippen molar-refractivity contribution in [2.24, 2.45) is 11.8 Å². The maximum absolute atomic E-state index is 13.2. The Kier molecular flexibility index (Phi) is 6.85. The molecular formula is C30H31N3O3. The van der Waals surface area contributed by atoms with Crippen molar-refractivity contribution in [2.45, 2.75) is 33.2 Å². The van der Waals surface area contributed by atoms with Crippen molar-refractivity contribution in [1.82, 2.24) is 15.2 Å². The number of hydrogen-bond acceptors (Lipinski definition) is 4. The second kappa shape index (κ2) is 10.4. The standard InChI is InChI=1S/C30H31N3O3/c1-20-8-6-7-11-25(20)19-31-28(34)21(2)22-14-16-33(17-15-22)30(35)24-12-13-27-26(18-24)32-29(36-27)23-9-4-3-5-10-23/h3-13,18,21-22H,14-17,19H2,1-2H3,(H,31,34). The van der Waals surface area contributed by atoms with Crippen LogP contribution in [0.15, 0.2) is 77.2 Å². The highest BCUT2D eigenvalue weighted by Crippen LogP contribution is 2.28. The molecule has 2 heterocycles. The summed E-state index contributed by atoms with van der Waals surface area (Å²) in [5.74, 6) is 0.794. The highest BCUT2D eigenvalue weighted by Gasteiger charge is 2.30. The number of likely N-dealkylation sites (tertiary alicyclic amines) is 1. The summed E-state index contributed by atoms with van der Waals surface area (Å²) < 4.78 is 5.88. The van der Waals surface area contributed by atoms with Gasteiger partial charge in [-0.15, -0.1) is 0 Å². The Morgan fingerprint density at radius 1 is 1.03 bits per heavy atom. The Labute approximate surface area is 211 Å². The van der Waals surface area contributed by atoms with Gasteiger partial charge in [0, 0.05) is 36.7 Å². The Hall–Kier alpha value is -3.93. The van der Waals surface area contributed by atoms with E-state index in [4.69, 9.17) is 4.42 Å². The molecule has 1 N–H and O–H groups in total. The second-order valence-corrected chi connectivity index (χ2v) is 9.63. The van der Waals surface area contributed by atoms with Gasteiger partial charge in [0.1, 0.15) is 5.52 Å². The van der Waals surface area contributed by atoms with Crippen LogP contribution in [0.2, 0.25) is 0 Å². The normalized spacial score (nSPS) is 15.1. The number of benzene rings is 3. The number of carbonyl (C=O) groups excluding carboxylic acids is 2. The first kappa shape index (κ1) is 23.8. The van der Waals surface area contributed by atoms with Crippen molar-refractivity contribution in [3.8, 4) is 11.5 Å². The van der Waals surface area contributed by atoms with E-state index < -0.39 is 0 Å². The van der Waals surface area contributed by atoms with Crippen LogP contribution in [0.3, 0.4) is 0 Å². The molecule has 6 heteroatoms. The Balaban J connectivity index is 1.18. The van der Waals surface area contributed by atoms with Gasteiger partial charge in [0.25, 0.3) is 5.91 Å². The summed E-state index contributed by atoms with van der Waals surface area (Å²) in [7, 11) is 0. The SMILES string of the molecule is Cc1ccccc1CNC(=O)C(C)C1CCN(C(=O)c2ccc3oc(-c4ccccc4)nc3c2)CC1. The largest absolute Gasteiger partial charge is 0.436 e. The predicted molar refractivity (Wildman–Crippen MR) is 140 cm³/mol. The van der Waals surface area contributed by atoms with Crippen LogP contribution in [0.25, 0.3) is 22.6 Å². The highest BCUT2D eigenvalue weighted by atomic mass is 16.3. The molecule has 1 saturated heterocycles. The van der Waals surface area contributed by atoms with Gasteiger partial charge in [0.2, 0.25) is 11.8 Å². The lowest BCUT2D eigenvalue weighted by atomic mass is 9.84. The first-order valence-electron chi connectivity index (χ1n) is 12.6. The molecule has 5 rings (SSSR count). The van der Waals surface area contributed by atoms with Crippen LogP contribution in [-0.2, 0) is 11.3 Å². The monoisotopic (exact) mass is 481 g/mol. The van der Waals surface area contributed by atoms with Gasteiger partial charge in [-0.25, -0.2) is 4.98 Å². The molecule has 36 heavy (non-hydrogen) atoms. The molecule has 1 fully saturated rings. The average Bonchev–Trinajstić information content (AvgIpc) is 3.36. The number of rotatable bonds is 6. The topological polar surface area (TPSA) is 75.4 Å². The number of nitrogens with one attached hydrogen (secondary N) is 1. The molecule has 3 aromatic carbocycles. The fourth-order valence-corrected chi connectivity index (χ4v) is 4.92. The number of nitrogens with zero attached hydrogens (tertiary/aromatic N) is 2. The summed E-state index contributed by atoms with van der Waals surface area (Å²) in [5.41, 5.74) is 5.16. The minimum atomic E-state index is -0.0887. The second-order valence-electron chi connectivity index (χ2n) is 9.63. The van der Waals surface area contributed by atoms with Crippen LogP contribution >= 0.6 is 0 Å². The van der Waals surface area contributed by atoms with Crippen LogP contribution in [0.1, 0.15) is 41.3 Å². The number of oxazole rings is 1. The quantitative estimate of drug-likeness (QED) is 0.389. The van der Waals surface area contributed by atoms with Crippen LogP contribution in [0.4, 0.5) is 0 Å². The van der Waals surface area contributed by atoms with E-state index >= 15 is 0 Å². The number of amides is 2. The van der Waals surface area contributed by atoms with E-state index in [1.54, 1.807) is 12.1 Å². The van der Waals surface area contributed by atoms with Crippen LogP contribution in [0.5, 0.6) is 0 Å². The lowest BCUT2D eigenvalue weighted by molar-refractivity contribution is -0.126. The maximum atomic E-state index is 13.2. The number of hydrogen-bond donors (Lipinski definition) is 1. The molecule has 4 aromatic rings. The van der Waals surface area contributed by atoms with Gasteiger partial charge in [-0.2, -0.15) is 0 Å². The average molecular weight is 482 g/mol. The fourth-order valence-electron chi connectivity index (χ4n) is 4.92. The van der Waals surface area contributed by atoms with Gasteiger partial charge < -0.3 is 14.6 Å². The molecule has 1 aliphatic rings. The zero-order valence-corrected chi connectivity index (χ0v) is 20.7. The van der Waals surface area contributed by atoms with E-state index in [-0.39, 0.29) is 23.7 Å².